The Bertz CT molecular complexity index is 365. The average molecular weight is 271 g/mol. The van der Waals surface area contributed by atoms with Crippen LogP contribution in [0, 0.1) is 0 Å². The molecule has 0 spiro atoms. The van der Waals surface area contributed by atoms with Gasteiger partial charge in [0.25, 0.3) is 0 Å². The molecule has 0 saturated heterocycles. The molecule has 1 saturated carbocycles. The van der Waals surface area contributed by atoms with Crippen LogP contribution in [0.25, 0.3) is 0 Å². The van der Waals surface area contributed by atoms with Crippen molar-refractivity contribution in [2.45, 2.75) is 50.8 Å². The van der Waals surface area contributed by atoms with Gasteiger partial charge in [0, 0.05) is 22.4 Å². The molecule has 0 aliphatic heterocycles. The second kappa shape index (κ2) is 6.83. The molecule has 2 N–H and O–H groups in total. The summed E-state index contributed by atoms with van der Waals surface area (Å²) in [5.41, 5.74) is 0.414. The van der Waals surface area contributed by atoms with Crippen molar-refractivity contribution in [3.8, 4) is 0 Å². The molecular weight excluding hydrogens is 250 g/mol. The van der Waals surface area contributed by atoms with Crippen LogP contribution < -0.4 is 5.32 Å². The highest BCUT2D eigenvalue weighted by Crippen LogP contribution is 2.27. The van der Waals surface area contributed by atoms with E-state index in [1.54, 1.807) is 18.7 Å². The summed E-state index contributed by atoms with van der Waals surface area (Å²) in [5, 5.41) is 12.3. The molecule has 0 aromatic rings. The second-order valence-electron chi connectivity index (χ2n) is 4.69. The number of hydrogen-bond acceptors (Lipinski definition) is 3. The summed E-state index contributed by atoms with van der Waals surface area (Å²) in [5.74, 6) is -1.28. The number of hydrogen-bond donors (Lipinski definition) is 2. The van der Waals surface area contributed by atoms with Crippen molar-refractivity contribution in [1.82, 2.24) is 5.32 Å². The van der Waals surface area contributed by atoms with Gasteiger partial charge >= 0.3 is 5.97 Å². The number of carboxylic acids is 1. The minimum atomic E-state index is -1.03. The van der Waals surface area contributed by atoms with Gasteiger partial charge in [0.1, 0.15) is 0 Å². The van der Waals surface area contributed by atoms with Gasteiger partial charge in [-0.05, 0) is 32.9 Å². The standard InChI is InChI=1S/C13H21NO3S/c1-8(9(2)13(16)17)12(15)14-10-6-4-5-7-11(10)18-3/h10-11H,4-7H2,1-3H3,(H,14,15)(H,16,17). The Morgan fingerprint density at radius 1 is 1.17 bits per heavy atom. The van der Waals surface area contributed by atoms with Gasteiger partial charge in [0.15, 0.2) is 0 Å². The van der Waals surface area contributed by atoms with Crippen LogP contribution in [0.4, 0.5) is 0 Å². The maximum Gasteiger partial charge on any atom is 0.331 e. The van der Waals surface area contributed by atoms with Crippen molar-refractivity contribution in [1.29, 1.82) is 0 Å². The molecule has 1 aliphatic rings. The lowest BCUT2D eigenvalue weighted by atomic mass is 9.94. The molecule has 0 aromatic carbocycles. The lowest BCUT2D eigenvalue weighted by Crippen LogP contribution is -2.44. The molecule has 1 amide bonds. The van der Waals surface area contributed by atoms with Crippen molar-refractivity contribution in [3.63, 3.8) is 0 Å². The first-order valence-electron chi connectivity index (χ1n) is 6.21. The monoisotopic (exact) mass is 271 g/mol. The molecule has 2 unspecified atom stereocenters. The van der Waals surface area contributed by atoms with E-state index in [1.807, 2.05) is 0 Å². The van der Waals surface area contributed by atoms with E-state index >= 15 is 0 Å². The molecule has 1 aliphatic carbocycles. The van der Waals surface area contributed by atoms with E-state index in [4.69, 9.17) is 5.11 Å². The Kier molecular flexibility index (Phi) is 5.72. The molecule has 4 nitrogen and oxygen atoms in total. The van der Waals surface area contributed by atoms with Crippen molar-refractivity contribution >= 4 is 23.6 Å². The van der Waals surface area contributed by atoms with Crippen LogP contribution in [-0.4, -0.2) is 34.5 Å². The zero-order chi connectivity index (χ0) is 13.7. The zero-order valence-corrected chi connectivity index (χ0v) is 12.0. The SMILES string of the molecule is CSC1CCCCC1NC(=O)C(C)=C(C)C(=O)O. The molecule has 18 heavy (non-hydrogen) atoms. The number of rotatable bonds is 4. The predicted molar refractivity (Wildman–Crippen MR) is 73.7 cm³/mol. The van der Waals surface area contributed by atoms with Gasteiger partial charge in [-0.15, -0.1) is 0 Å². The van der Waals surface area contributed by atoms with E-state index in [1.165, 1.54) is 13.3 Å². The molecule has 0 bridgehead atoms. The molecule has 102 valence electrons. The van der Waals surface area contributed by atoms with Crippen LogP contribution in [0.3, 0.4) is 0 Å². The van der Waals surface area contributed by atoms with Gasteiger partial charge in [0.05, 0.1) is 0 Å². The Labute approximate surface area is 112 Å². The van der Waals surface area contributed by atoms with Gasteiger partial charge < -0.3 is 10.4 Å². The number of nitrogens with one attached hydrogen (secondary N) is 1. The van der Waals surface area contributed by atoms with Gasteiger partial charge in [-0.1, -0.05) is 12.8 Å². The molecule has 0 radical (unpaired) electrons. The molecule has 0 aromatic heterocycles. The van der Waals surface area contributed by atoms with Crippen LogP contribution >= 0.6 is 11.8 Å². The summed E-state index contributed by atoms with van der Waals surface area (Å²) in [4.78, 5) is 22.8. The van der Waals surface area contributed by atoms with Crippen LogP contribution in [-0.2, 0) is 9.59 Å². The maximum absolute atomic E-state index is 12.0. The fourth-order valence-corrected chi connectivity index (χ4v) is 3.09. The summed E-state index contributed by atoms with van der Waals surface area (Å²) < 4.78 is 0. The third kappa shape index (κ3) is 3.77. The molecule has 1 fully saturated rings. The van der Waals surface area contributed by atoms with Crippen molar-refractivity contribution in [3.05, 3.63) is 11.1 Å². The highest BCUT2D eigenvalue weighted by molar-refractivity contribution is 7.99. The zero-order valence-electron chi connectivity index (χ0n) is 11.2. The smallest absolute Gasteiger partial charge is 0.331 e. The van der Waals surface area contributed by atoms with Crippen molar-refractivity contribution in [2.75, 3.05) is 6.26 Å². The van der Waals surface area contributed by atoms with Crippen molar-refractivity contribution in [2.24, 2.45) is 0 Å². The second-order valence-corrected chi connectivity index (χ2v) is 5.77. The van der Waals surface area contributed by atoms with Crippen LogP contribution in [0.15, 0.2) is 11.1 Å². The van der Waals surface area contributed by atoms with E-state index in [0.717, 1.165) is 19.3 Å². The number of carbonyl (C=O) groups excluding carboxylic acids is 1. The molecule has 5 heteroatoms. The molecular formula is C13H21NO3S. The lowest BCUT2D eigenvalue weighted by Gasteiger charge is -2.31. The van der Waals surface area contributed by atoms with Crippen molar-refractivity contribution < 1.29 is 14.7 Å². The highest BCUT2D eigenvalue weighted by Gasteiger charge is 2.26. The fourth-order valence-electron chi connectivity index (χ4n) is 2.15. The van der Waals surface area contributed by atoms with Gasteiger partial charge in [-0.2, -0.15) is 11.8 Å². The number of carboxylic acid groups (broad SMARTS) is 1. The number of amides is 1. The first kappa shape index (κ1) is 15.1. The molecule has 2 atom stereocenters. The van der Waals surface area contributed by atoms with Crippen LogP contribution in [0.2, 0.25) is 0 Å². The first-order valence-corrected chi connectivity index (χ1v) is 7.50. The Morgan fingerprint density at radius 2 is 1.78 bits per heavy atom. The Morgan fingerprint density at radius 3 is 2.33 bits per heavy atom. The third-order valence-corrected chi connectivity index (χ3v) is 4.72. The topological polar surface area (TPSA) is 66.4 Å². The van der Waals surface area contributed by atoms with Crippen LogP contribution in [0.5, 0.6) is 0 Å². The largest absolute Gasteiger partial charge is 0.478 e. The Hall–Kier alpha value is -0.970. The summed E-state index contributed by atoms with van der Waals surface area (Å²) in [7, 11) is 0. The van der Waals surface area contributed by atoms with Gasteiger partial charge in [-0.25, -0.2) is 4.79 Å². The quantitative estimate of drug-likeness (QED) is 0.769. The van der Waals surface area contributed by atoms with E-state index in [9.17, 15) is 9.59 Å². The third-order valence-electron chi connectivity index (χ3n) is 3.55. The molecule has 1 rings (SSSR count). The van der Waals surface area contributed by atoms with Crippen LogP contribution in [0.1, 0.15) is 39.5 Å². The van der Waals surface area contributed by atoms with E-state index in [0.29, 0.717) is 10.8 Å². The summed E-state index contributed by atoms with van der Waals surface area (Å²) in [6.07, 6.45) is 6.49. The highest BCUT2D eigenvalue weighted by atomic mass is 32.2. The Balaban J connectivity index is 2.69. The molecule has 0 heterocycles. The summed E-state index contributed by atoms with van der Waals surface area (Å²) in [6, 6.07) is 0.165. The van der Waals surface area contributed by atoms with E-state index in [2.05, 4.69) is 11.6 Å². The van der Waals surface area contributed by atoms with Gasteiger partial charge in [-0.3, -0.25) is 4.79 Å². The fraction of sp³-hybridized carbons (Fsp3) is 0.692. The summed E-state index contributed by atoms with van der Waals surface area (Å²) in [6.45, 7) is 3.03. The van der Waals surface area contributed by atoms with E-state index < -0.39 is 5.97 Å². The minimum Gasteiger partial charge on any atom is -0.478 e. The number of aliphatic carboxylic acids is 1. The van der Waals surface area contributed by atoms with E-state index in [-0.39, 0.29) is 17.5 Å². The normalized spacial score (nSPS) is 25.3. The first-order chi connectivity index (χ1) is 8.47. The number of carbonyl (C=O) groups is 2. The maximum atomic E-state index is 12.0. The van der Waals surface area contributed by atoms with Gasteiger partial charge in [0.2, 0.25) is 5.91 Å². The predicted octanol–water partition coefficient (Wildman–Crippen LogP) is 2.20. The minimum absolute atomic E-state index is 0.115. The average Bonchev–Trinajstić information content (AvgIpc) is 2.37. The lowest BCUT2D eigenvalue weighted by molar-refractivity contribution is -0.133. The number of thioether (sulfide) groups is 1. The summed E-state index contributed by atoms with van der Waals surface area (Å²) >= 11 is 1.78.